The summed E-state index contributed by atoms with van der Waals surface area (Å²) >= 11 is 0. The molecule has 7 heteroatoms. The summed E-state index contributed by atoms with van der Waals surface area (Å²) < 4.78 is 5.26. The van der Waals surface area contributed by atoms with Crippen LogP contribution in [-0.4, -0.2) is 52.3 Å². The highest BCUT2D eigenvalue weighted by molar-refractivity contribution is 5.75. The van der Waals surface area contributed by atoms with Crippen LogP contribution >= 0.6 is 0 Å². The molecule has 0 unspecified atom stereocenters. The second-order valence-corrected chi connectivity index (χ2v) is 5.45. The van der Waals surface area contributed by atoms with Crippen molar-refractivity contribution in [1.29, 1.82) is 0 Å². The number of likely N-dealkylation sites (tertiary alicyclic amines) is 1. The lowest BCUT2D eigenvalue weighted by atomic mass is 9.97. The summed E-state index contributed by atoms with van der Waals surface area (Å²) in [5.41, 5.74) is 1.47. The van der Waals surface area contributed by atoms with Gasteiger partial charge >= 0.3 is 12.0 Å². The van der Waals surface area contributed by atoms with E-state index in [0.29, 0.717) is 19.6 Å². The van der Waals surface area contributed by atoms with E-state index in [9.17, 15) is 9.59 Å². The van der Waals surface area contributed by atoms with E-state index in [1.807, 2.05) is 13.0 Å². The Labute approximate surface area is 122 Å². The van der Waals surface area contributed by atoms with E-state index in [0.717, 1.165) is 11.1 Å². The van der Waals surface area contributed by atoms with Crippen molar-refractivity contribution in [2.45, 2.75) is 26.0 Å². The van der Waals surface area contributed by atoms with Gasteiger partial charge in [0.25, 0.3) is 0 Å². The molecule has 21 heavy (non-hydrogen) atoms. The molecule has 0 bridgehead atoms. The van der Waals surface area contributed by atoms with Crippen molar-refractivity contribution in [3.8, 4) is 0 Å². The van der Waals surface area contributed by atoms with Crippen LogP contribution < -0.4 is 5.32 Å². The lowest BCUT2D eigenvalue weighted by Gasteiger charge is -2.46. The Balaban J connectivity index is 1.76. The fourth-order valence-corrected chi connectivity index (χ4v) is 2.20. The van der Waals surface area contributed by atoms with Crippen molar-refractivity contribution in [2.75, 3.05) is 19.7 Å². The largest absolute Gasteiger partial charge is 0.480 e. The zero-order chi connectivity index (χ0) is 15.5. The highest BCUT2D eigenvalue weighted by Crippen LogP contribution is 2.24. The molecule has 1 aliphatic heterocycles. The van der Waals surface area contributed by atoms with Gasteiger partial charge in [-0.05, 0) is 31.0 Å². The van der Waals surface area contributed by atoms with Gasteiger partial charge in [-0.15, -0.1) is 0 Å². The number of carboxylic acid groups (broad SMARTS) is 1. The van der Waals surface area contributed by atoms with E-state index in [4.69, 9.17) is 9.84 Å². The Morgan fingerprint density at radius 2 is 2.24 bits per heavy atom. The second-order valence-electron chi connectivity index (χ2n) is 5.45. The molecule has 2 rings (SSSR count). The van der Waals surface area contributed by atoms with Crippen LogP contribution in [0.15, 0.2) is 18.5 Å². The normalized spacial score (nSPS) is 16.2. The number of hydrogen-bond acceptors (Lipinski definition) is 4. The fourth-order valence-electron chi connectivity index (χ4n) is 2.20. The summed E-state index contributed by atoms with van der Waals surface area (Å²) in [5, 5.41) is 11.4. The number of urea groups is 1. The van der Waals surface area contributed by atoms with Crippen LogP contribution in [0.1, 0.15) is 18.1 Å². The molecule has 114 valence electrons. The first-order valence-electron chi connectivity index (χ1n) is 6.68. The van der Waals surface area contributed by atoms with Gasteiger partial charge in [-0.25, -0.2) is 9.59 Å². The van der Waals surface area contributed by atoms with Crippen molar-refractivity contribution in [2.24, 2.45) is 0 Å². The fraction of sp³-hybridized carbons (Fsp3) is 0.500. The zero-order valence-corrected chi connectivity index (χ0v) is 12.1. The molecule has 0 spiro atoms. The van der Waals surface area contributed by atoms with Crippen molar-refractivity contribution >= 4 is 12.0 Å². The van der Waals surface area contributed by atoms with Gasteiger partial charge < -0.3 is 20.1 Å². The summed E-state index contributed by atoms with van der Waals surface area (Å²) in [4.78, 5) is 28.0. The van der Waals surface area contributed by atoms with Crippen LogP contribution in [0.25, 0.3) is 0 Å². The smallest absolute Gasteiger partial charge is 0.329 e. The average Bonchev–Trinajstić information content (AvgIpc) is 2.41. The van der Waals surface area contributed by atoms with E-state index in [-0.39, 0.29) is 12.6 Å². The summed E-state index contributed by atoms with van der Waals surface area (Å²) in [6.45, 7) is 4.60. The van der Waals surface area contributed by atoms with Crippen LogP contribution in [0.5, 0.6) is 0 Å². The SMILES string of the molecule is Cc1ccncc1CNC(=O)N1CC(C)(OCC(=O)O)C1. The molecular formula is C14H19N3O4. The molecule has 1 fully saturated rings. The van der Waals surface area contributed by atoms with Crippen molar-refractivity contribution < 1.29 is 19.4 Å². The summed E-state index contributed by atoms with van der Waals surface area (Å²) in [6.07, 6.45) is 3.44. The molecule has 7 nitrogen and oxygen atoms in total. The number of aliphatic carboxylic acids is 1. The molecule has 0 aliphatic carbocycles. The van der Waals surface area contributed by atoms with Gasteiger partial charge in [-0.3, -0.25) is 4.98 Å². The van der Waals surface area contributed by atoms with Crippen LogP contribution in [0.2, 0.25) is 0 Å². The number of rotatable bonds is 5. The van der Waals surface area contributed by atoms with E-state index in [1.54, 1.807) is 24.2 Å². The Bertz CT molecular complexity index is 541. The Morgan fingerprint density at radius 3 is 2.86 bits per heavy atom. The number of nitrogens with zero attached hydrogens (tertiary/aromatic N) is 2. The molecule has 0 saturated carbocycles. The molecule has 2 heterocycles. The average molecular weight is 293 g/mol. The Morgan fingerprint density at radius 1 is 1.52 bits per heavy atom. The number of hydrogen-bond donors (Lipinski definition) is 2. The topological polar surface area (TPSA) is 91.8 Å². The molecule has 1 aliphatic rings. The van der Waals surface area contributed by atoms with Crippen molar-refractivity contribution in [3.05, 3.63) is 29.6 Å². The molecule has 1 saturated heterocycles. The first-order chi connectivity index (χ1) is 9.89. The number of ether oxygens (including phenoxy) is 1. The van der Waals surface area contributed by atoms with Gasteiger partial charge in [0.15, 0.2) is 0 Å². The zero-order valence-electron chi connectivity index (χ0n) is 12.1. The molecule has 0 atom stereocenters. The number of amides is 2. The molecule has 0 aromatic carbocycles. The number of nitrogens with one attached hydrogen (secondary N) is 1. The quantitative estimate of drug-likeness (QED) is 0.837. The summed E-state index contributed by atoms with van der Waals surface area (Å²) in [6, 6.07) is 1.71. The van der Waals surface area contributed by atoms with Crippen LogP contribution in [0.4, 0.5) is 4.79 Å². The molecule has 0 radical (unpaired) electrons. The molecule has 1 aromatic heterocycles. The third-order valence-corrected chi connectivity index (χ3v) is 3.46. The van der Waals surface area contributed by atoms with Gasteiger partial charge in [0.2, 0.25) is 0 Å². The van der Waals surface area contributed by atoms with Gasteiger partial charge in [0.05, 0.1) is 13.1 Å². The number of carboxylic acids is 1. The van der Waals surface area contributed by atoms with Gasteiger partial charge in [0.1, 0.15) is 12.2 Å². The van der Waals surface area contributed by atoms with Crippen LogP contribution in [-0.2, 0) is 16.1 Å². The molecule has 2 N–H and O–H groups in total. The molecule has 2 amide bonds. The van der Waals surface area contributed by atoms with E-state index in [2.05, 4.69) is 10.3 Å². The van der Waals surface area contributed by atoms with Gasteiger partial charge in [-0.2, -0.15) is 0 Å². The van der Waals surface area contributed by atoms with E-state index < -0.39 is 11.6 Å². The third-order valence-electron chi connectivity index (χ3n) is 3.46. The standard InChI is InChI=1S/C14H19N3O4/c1-10-3-4-15-5-11(10)6-16-13(20)17-8-14(2,9-17)21-7-12(18)19/h3-5H,6-9H2,1-2H3,(H,16,20)(H,18,19). The minimum absolute atomic E-state index is 0.186. The second kappa shape index (κ2) is 6.09. The number of carbonyl (C=O) groups is 2. The highest BCUT2D eigenvalue weighted by atomic mass is 16.5. The maximum absolute atomic E-state index is 12.0. The predicted octanol–water partition coefficient (Wildman–Crippen LogP) is 0.775. The minimum Gasteiger partial charge on any atom is -0.480 e. The lowest BCUT2D eigenvalue weighted by Crippen LogP contribution is -2.65. The number of carbonyl (C=O) groups excluding carboxylic acids is 1. The monoisotopic (exact) mass is 293 g/mol. The molecular weight excluding hydrogens is 274 g/mol. The van der Waals surface area contributed by atoms with Crippen molar-refractivity contribution in [3.63, 3.8) is 0 Å². The first-order valence-corrected chi connectivity index (χ1v) is 6.68. The first kappa shape index (κ1) is 15.2. The lowest BCUT2D eigenvalue weighted by molar-refractivity contribution is -0.159. The maximum Gasteiger partial charge on any atom is 0.329 e. The predicted molar refractivity (Wildman–Crippen MR) is 74.8 cm³/mol. The minimum atomic E-state index is -1.01. The van der Waals surface area contributed by atoms with Crippen LogP contribution in [0, 0.1) is 6.92 Å². The third kappa shape index (κ3) is 3.91. The summed E-state index contributed by atoms with van der Waals surface area (Å²) in [7, 11) is 0. The number of pyridine rings is 1. The number of aryl methyl sites for hydroxylation is 1. The van der Waals surface area contributed by atoms with Gasteiger partial charge in [0, 0.05) is 18.9 Å². The highest BCUT2D eigenvalue weighted by Gasteiger charge is 2.42. The Kier molecular flexibility index (Phi) is 4.42. The number of aromatic nitrogens is 1. The van der Waals surface area contributed by atoms with Gasteiger partial charge in [-0.1, -0.05) is 0 Å². The Hall–Kier alpha value is -2.15. The van der Waals surface area contributed by atoms with E-state index in [1.165, 1.54) is 0 Å². The van der Waals surface area contributed by atoms with Crippen LogP contribution in [0.3, 0.4) is 0 Å². The maximum atomic E-state index is 12.0. The molecule has 1 aromatic rings. The summed E-state index contributed by atoms with van der Waals surface area (Å²) in [5.74, 6) is -1.01. The van der Waals surface area contributed by atoms with Crippen molar-refractivity contribution in [1.82, 2.24) is 15.2 Å². The van der Waals surface area contributed by atoms with E-state index >= 15 is 0 Å².